The van der Waals surface area contributed by atoms with Gasteiger partial charge in [-0.2, -0.15) is 0 Å². The summed E-state index contributed by atoms with van der Waals surface area (Å²) in [6, 6.07) is 3.99. The number of anilines is 1. The maximum absolute atomic E-state index is 12.1. The van der Waals surface area contributed by atoms with E-state index < -0.39 is 25.0 Å². The smallest absolute Gasteiger partial charge is 0.272 e. The molecule has 0 aliphatic heterocycles. The van der Waals surface area contributed by atoms with Crippen molar-refractivity contribution in [2.45, 2.75) is 19.4 Å². The molecule has 0 fully saturated rings. The molecule has 0 aliphatic rings. The van der Waals surface area contributed by atoms with E-state index in [4.69, 9.17) is 15.2 Å². The molecule has 0 aromatic heterocycles. The fourth-order valence-corrected chi connectivity index (χ4v) is 1.48. The minimum Gasteiger partial charge on any atom is -0.487 e. The van der Waals surface area contributed by atoms with E-state index in [1.165, 1.54) is 13.2 Å². The zero-order valence-corrected chi connectivity index (χ0v) is 12.6. The number of hydrogen-bond acceptors (Lipinski definition) is 4. The Bertz CT molecular complexity index is 461. The van der Waals surface area contributed by atoms with Gasteiger partial charge >= 0.3 is 0 Å². The Morgan fingerprint density at radius 2 is 2.05 bits per heavy atom. The lowest BCUT2D eigenvalue weighted by atomic mass is 10.2. The minimum absolute atomic E-state index is 0. The number of benzene rings is 1. The van der Waals surface area contributed by atoms with Crippen molar-refractivity contribution in [3.05, 3.63) is 23.8 Å². The molecule has 1 aromatic rings. The topological polar surface area (TPSA) is 73.6 Å². The number of hydrogen-bond donors (Lipinski definition) is 2. The van der Waals surface area contributed by atoms with E-state index in [2.05, 4.69) is 5.32 Å². The van der Waals surface area contributed by atoms with Gasteiger partial charge in [-0.25, -0.2) is 8.78 Å². The van der Waals surface area contributed by atoms with Crippen LogP contribution in [0.4, 0.5) is 14.5 Å². The van der Waals surface area contributed by atoms with Crippen LogP contribution < -0.4 is 15.8 Å². The lowest BCUT2D eigenvalue weighted by Gasteiger charge is -2.14. The van der Waals surface area contributed by atoms with Crippen molar-refractivity contribution in [3.63, 3.8) is 0 Å². The molecule has 1 aromatic carbocycles. The van der Waals surface area contributed by atoms with Crippen molar-refractivity contribution < 1.29 is 23.0 Å². The predicted molar refractivity (Wildman–Crippen MR) is 78.4 cm³/mol. The second-order valence-electron chi connectivity index (χ2n) is 4.23. The average molecular weight is 325 g/mol. The number of amides is 1. The third kappa shape index (κ3) is 6.70. The van der Waals surface area contributed by atoms with Crippen LogP contribution in [0.15, 0.2) is 18.2 Å². The van der Waals surface area contributed by atoms with Gasteiger partial charge < -0.3 is 20.5 Å². The summed E-state index contributed by atoms with van der Waals surface area (Å²) >= 11 is 0. The number of nitrogens with two attached hydrogens (primary N) is 1. The van der Waals surface area contributed by atoms with Gasteiger partial charge in [-0.05, 0) is 18.6 Å². The highest BCUT2D eigenvalue weighted by atomic mass is 35.5. The van der Waals surface area contributed by atoms with Crippen molar-refractivity contribution in [1.82, 2.24) is 0 Å². The molecule has 8 heteroatoms. The van der Waals surface area contributed by atoms with Crippen molar-refractivity contribution >= 4 is 24.0 Å². The van der Waals surface area contributed by atoms with E-state index in [9.17, 15) is 13.6 Å². The van der Waals surface area contributed by atoms with Gasteiger partial charge in [0.1, 0.15) is 18.4 Å². The maximum Gasteiger partial charge on any atom is 0.272 e. The van der Waals surface area contributed by atoms with Gasteiger partial charge in [0.05, 0.1) is 6.61 Å². The van der Waals surface area contributed by atoms with Gasteiger partial charge in [-0.3, -0.25) is 4.79 Å². The summed E-state index contributed by atoms with van der Waals surface area (Å²) in [5.74, 6) is -0.126. The normalized spacial score (nSPS) is 11.7. The highest BCUT2D eigenvalue weighted by Crippen LogP contribution is 2.23. The number of halogens is 3. The fraction of sp³-hybridized carbons (Fsp3) is 0.462. The summed E-state index contributed by atoms with van der Waals surface area (Å²) in [4.78, 5) is 11.7. The molecule has 21 heavy (non-hydrogen) atoms. The van der Waals surface area contributed by atoms with Crippen LogP contribution in [0.25, 0.3) is 0 Å². The van der Waals surface area contributed by atoms with E-state index >= 15 is 0 Å². The van der Waals surface area contributed by atoms with Crippen LogP contribution in [0.3, 0.4) is 0 Å². The predicted octanol–water partition coefficient (Wildman–Crippen LogP) is 1.97. The van der Waals surface area contributed by atoms with Crippen LogP contribution in [-0.4, -0.2) is 38.7 Å². The highest BCUT2D eigenvalue weighted by Gasteiger charge is 2.14. The van der Waals surface area contributed by atoms with Gasteiger partial charge in [0.25, 0.3) is 6.43 Å². The molecule has 0 radical (unpaired) electrons. The molecule has 5 nitrogen and oxygen atoms in total. The SMILES string of the molecule is COCC(N)C(=O)Nc1ccc(C)c(OCC(F)F)c1.Cl. The Morgan fingerprint density at radius 1 is 1.38 bits per heavy atom. The summed E-state index contributed by atoms with van der Waals surface area (Å²) in [5.41, 5.74) is 6.70. The number of carbonyl (C=O) groups is 1. The number of ether oxygens (including phenoxy) is 2. The second-order valence-corrected chi connectivity index (χ2v) is 4.23. The van der Waals surface area contributed by atoms with Crippen LogP contribution in [0.2, 0.25) is 0 Å². The molecule has 1 unspecified atom stereocenters. The van der Waals surface area contributed by atoms with Gasteiger partial charge in [0.2, 0.25) is 5.91 Å². The molecule has 1 atom stereocenters. The number of carbonyl (C=O) groups excluding carboxylic acids is 1. The van der Waals surface area contributed by atoms with Gasteiger partial charge in [-0.15, -0.1) is 12.4 Å². The molecule has 0 bridgehead atoms. The molecule has 0 aliphatic carbocycles. The standard InChI is InChI=1S/C13H18F2N2O3.ClH/c1-8-3-4-9(5-11(8)20-7-12(14)15)17-13(18)10(16)6-19-2;/h3-5,10,12H,6-7,16H2,1-2H3,(H,17,18);1H. The lowest BCUT2D eigenvalue weighted by molar-refractivity contribution is -0.118. The Labute approximate surface area is 128 Å². The molecule has 1 rings (SSSR count). The minimum atomic E-state index is -2.55. The van der Waals surface area contributed by atoms with Crippen molar-refractivity contribution in [3.8, 4) is 5.75 Å². The van der Waals surface area contributed by atoms with Crippen LogP contribution >= 0.6 is 12.4 Å². The van der Waals surface area contributed by atoms with Crippen molar-refractivity contribution in [1.29, 1.82) is 0 Å². The summed E-state index contributed by atoms with van der Waals surface area (Å²) in [6.45, 7) is 1.12. The Kier molecular flexibility index (Phi) is 8.84. The largest absolute Gasteiger partial charge is 0.487 e. The van der Waals surface area contributed by atoms with Crippen LogP contribution in [0, 0.1) is 6.92 Å². The third-order valence-corrected chi connectivity index (χ3v) is 2.50. The first-order valence-electron chi connectivity index (χ1n) is 6.01. The van der Waals surface area contributed by atoms with Gasteiger partial charge in [-0.1, -0.05) is 6.07 Å². The number of nitrogens with one attached hydrogen (secondary N) is 1. The first kappa shape index (κ1) is 19.6. The molecule has 0 saturated carbocycles. The lowest BCUT2D eigenvalue weighted by Crippen LogP contribution is -2.39. The maximum atomic E-state index is 12.1. The summed E-state index contributed by atoms with van der Waals surface area (Å²) in [7, 11) is 1.44. The van der Waals surface area contributed by atoms with Gasteiger partial charge in [0.15, 0.2) is 0 Å². The second kappa shape index (κ2) is 9.49. The molecule has 0 saturated heterocycles. The number of aryl methyl sites for hydroxylation is 1. The molecular weight excluding hydrogens is 306 g/mol. The quantitative estimate of drug-likeness (QED) is 0.804. The van der Waals surface area contributed by atoms with Crippen LogP contribution in [-0.2, 0) is 9.53 Å². The average Bonchev–Trinajstić information content (AvgIpc) is 2.39. The molecule has 3 N–H and O–H groups in total. The molecular formula is C13H19ClF2N2O3. The molecule has 120 valence electrons. The Morgan fingerprint density at radius 3 is 2.62 bits per heavy atom. The van der Waals surface area contributed by atoms with Crippen molar-refractivity contribution in [2.75, 3.05) is 25.6 Å². The molecule has 0 spiro atoms. The monoisotopic (exact) mass is 324 g/mol. The number of methoxy groups -OCH3 is 1. The Balaban J connectivity index is 0.00000400. The summed E-state index contributed by atoms with van der Waals surface area (Å²) in [5, 5.41) is 2.57. The van der Waals surface area contributed by atoms with Crippen LogP contribution in [0.1, 0.15) is 5.56 Å². The highest BCUT2D eigenvalue weighted by molar-refractivity contribution is 5.95. The number of alkyl halides is 2. The van der Waals surface area contributed by atoms with E-state index in [-0.39, 0.29) is 19.0 Å². The summed E-state index contributed by atoms with van der Waals surface area (Å²) < 4.78 is 34.0. The van der Waals surface area contributed by atoms with Gasteiger partial charge in [0, 0.05) is 18.9 Å². The Hall–Kier alpha value is -1.44. The van der Waals surface area contributed by atoms with E-state index in [1.807, 2.05) is 0 Å². The zero-order chi connectivity index (χ0) is 15.1. The van der Waals surface area contributed by atoms with Crippen molar-refractivity contribution in [2.24, 2.45) is 5.73 Å². The van der Waals surface area contributed by atoms with E-state index in [1.54, 1.807) is 19.1 Å². The van der Waals surface area contributed by atoms with E-state index in [0.717, 1.165) is 0 Å². The molecule has 0 heterocycles. The summed E-state index contributed by atoms with van der Waals surface area (Å²) in [6.07, 6.45) is -2.55. The van der Waals surface area contributed by atoms with E-state index in [0.29, 0.717) is 17.0 Å². The first-order valence-corrected chi connectivity index (χ1v) is 6.01. The zero-order valence-electron chi connectivity index (χ0n) is 11.8. The van der Waals surface area contributed by atoms with Crippen LogP contribution in [0.5, 0.6) is 5.75 Å². The fourth-order valence-electron chi connectivity index (χ4n) is 1.48. The molecule has 1 amide bonds. The first-order chi connectivity index (χ1) is 9.43. The number of rotatable bonds is 7. The third-order valence-electron chi connectivity index (χ3n) is 2.50.